The molecule has 5 rings (SSSR count). The molecule has 0 saturated heterocycles. The molecule has 0 fully saturated rings. The van der Waals surface area contributed by atoms with Gasteiger partial charge in [-0.2, -0.15) is 0 Å². The molecule has 0 unspecified atom stereocenters. The van der Waals surface area contributed by atoms with Gasteiger partial charge in [0.2, 0.25) is 5.88 Å². The van der Waals surface area contributed by atoms with E-state index in [0.717, 1.165) is 36.1 Å². The van der Waals surface area contributed by atoms with Crippen LogP contribution in [0.25, 0.3) is 15.8 Å². The molecule has 0 saturated carbocycles. The first-order valence-corrected chi connectivity index (χ1v) is 12.3. The van der Waals surface area contributed by atoms with Crippen molar-refractivity contribution in [3.05, 3.63) is 80.5 Å². The van der Waals surface area contributed by atoms with Gasteiger partial charge in [-0.1, -0.05) is 24.3 Å². The molecule has 7 nitrogen and oxygen atoms in total. The number of benzene rings is 2. The summed E-state index contributed by atoms with van der Waals surface area (Å²) < 4.78 is 6.56. The van der Waals surface area contributed by atoms with Crippen molar-refractivity contribution in [2.45, 2.75) is 32.6 Å². The lowest BCUT2D eigenvalue weighted by atomic mass is 9.95. The van der Waals surface area contributed by atoms with Crippen LogP contribution < -0.4 is 5.56 Å². The number of fused-ring (bicyclic) bond motifs is 2. The fourth-order valence-corrected chi connectivity index (χ4v) is 5.89. The Morgan fingerprint density at radius 3 is 2.66 bits per heavy atom. The van der Waals surface area contributed by atoms with Gasteiger partial charge in [-0.05, 0) is 56.4 Å². The maximum Gasteiger partial charge on any atom is 0.341 e. The molecule has 0 aliphatic heterocycles. The summed E-state index contributed by atoms with van der Waals surface area (Å²) >= 11 is 1.36. The molecule has 4 aromatic rings. The number of hydrogen-bond acceptors (Lipinski definition) is 7. The standard InChI is InChI=1S/C27H24N2O5S/c1-2-34-27(33)23-20-12-5-6-13-22(20)35-26(23)29-24(31)19-11-4-3-10-18(19)21(25(29)32)15-28-16-8-7-9-17(30)14-16/h3-4,7-11,14-15,30,32H,2,5-6,12-13H2,1H3. The van der Waals surface area contributed by atoms with Gasteiger partial charge < -0.3 is 14.9 Å². The summed E-state index contributed by atoms with van der Waals surface area (Å²) in [6, 6.07) is 13.4. The molecule has 0 bridgehead atoms. The highest BCUT2D eigenvalue weighted by Gasteiger charge is 2.30. The third-order valence-electron chi connectivity index (χ3n) is 6.11. The molecule has 1 aliphatic rings. The zero-order valence-electron chi connectivity index (χ0n) is 19.2. The minimum absolute atomic E-state index is 0.0712. The molecule has 35 heavy (non-hydrogen) atoms. The summed E-state index contributed by atoms with van der Waals surface area (Å²) in [5.41, 5.74) is 1.67. The highest BCUT2D eigenvalue weighted by Crippen LogP contribution is 2.39. The second-order valence-corrected chi connectivity index (χ2v) is 9.40. The predicted octanol–water partition coefficient (Wildman–Crippen LogP) is 5.27. The number of carbonyl (C=O) groups excluding carboxylic acids is 1. The molecular formula is C27H24N2O5S. The van der Waals surface area contributed by atoms with Crippen LogP contribution >= 0.6 is 11.3 Å². The number of pyridine rings is 1. The normalized spacial score (nSPS) is 13.3. The number of nitrogens with zero attached hydrogens (tertiary/aromatic N) is 2. The minimum Gasteiger partial charge on any atom is -0.508 e. The molecule has 2 N–H and O–H groups in total. The van der Waals surface area contributed by atoms with E-state index >= 15 is 0 Å². The van der Waals surface area contributed by atoms with Gasteiger partial charge in [-0.25, -0.2) is 9.36 Å². The van der Waals surface area contributed by atoms with Crippen LogP contribution in [0.2, 0.25) is 0 Å². The number of aliphatic imine (C=N–C) groups is 1. The summed E-state index contributed by atoms with van der Waals surface area (Å²) in [6.45, 7) is 1.95. The molecule has 2 aromatic carbocycles. The van der Waals surface area contributed by atoms with Crippen molar-refractivity contribution < 1.29 is 19.7 Å². The van der Waals surface area contributed by atoms with Crippen LogP contribution in [0.15, 0.2) is 58.3 Å². The summed E-state index contributed by atoms with van der Waals surface area (Å²) in [4.78, 5) is 32.1. The maximum atomic E-state index is 13.6. The van der Waals surface area contributed by atoms with Gasteiger partial charge in [0.05, 0.1) is 23.4 Å². The Kier molecular flexibility index (Phi) is 6.13. The number of aromatic nitrogens is 1. The van der Waals surface area contributed by atoms with E-state index in [0.29, 0.717) is 32.6 Å². The van der Waals surface area contributed by atoms with Crippen LogP contribution in [-0.2, 0) is 17.6 Å². The number of hydrogen-bond donors (Lipinski definition) is 2. The van der Waals surface area contributed by atoms with E-state index in [1.165, 1.54) is 28.2 Å². The third-order valence-corrected chi connectivity index (χ3v) is 7.39. The molecular weight excluding hydrogens is 464 g/mol. The lowest BCUT2D eigenvalue weighted by Gasteiger charge is -2.15. The Morgan fingerprint density at radius 1 is 1.11 bits per heavy atom. The number of ether oxygens (including phenoxy) is 1. The van der Waals surface area contributed by atoms with Crippen molar-refractivity contribution in [1.82, 2.24) is 4.57 Å². The predicted molar refractivity (Wildman–Crippen MR) is 137 cm³/mol. The number of phenolic OH excluding ortho intramolecular Hbond substituents is 1. The van der Waals surface area contributed by atoms with Gasteiger partial charge in [0, 0.05) is 27.9 Å². The Hall–Kier alpha value is -3.91. The smallest absolute Gasteiger partial charge is 0.341 e. The monoisotopic (exact) mass is 488 g/mol. The fourth-order valence-electron chi connectivity index (χ4n) is 4.51. The van der Waals surface area contributed by atoms with E-state index in [-0.39, 0.29) is 18.2 Å². The van der Waals surface area contributed by atoms with Gasteiger partial charge in [0.1, 0.15) is 10.8 Å². The largest absolute Gasteiger partial charge is 0.508 e. The van der Waals surface area contributed by atoms with Crippen molar-refractivity contribution in [2.75, 3.05) is 6.61 Å². The SMILES string of the molecule is CCOC(=O)c1c(-n2c(O)c(C=Nc3cccc(O)c3)c3ccccc3c2=O)sc2c1CCCC2. The quantitative estimate of drug-likeness (QED) is 0.294. The number of carbonyl (C=O) groups is 1. The number of esters is 1. The average Bonchev–Trinajstić information content (AvgIpc) is 3.23. The highest BCUT2D eigenvalue weighted by molar-refractivity contribution is 7.15. The van der Waals surface area contributed by atoms with Gasteiger partial charge in [-0.15, -0.1) is 11.3 Å². The van der Waals surface area contributed by atoms with Crippen LogP contribution in [0, 0.1) is 0 Å². The number of aryl methyl sites for hydroxylation is 1. The zero-order valence-corrected chi connectivity index (χ0v) is 20.0. The van der Waals surface area contributed by atoms with E-state index in [1.54, 1.807) is 49.4 Å². The molecule has 8 heteroatoms. The number of aromatic hydroxyl groups is 2. The molecule has 0 amide bonds. The van der Waals surface area contributed by atoms with Crippen molar-refractivity contribution in [1.29, 1.82) is 0 Å². The Balaban J connectivity index is 1.78. The van der Waals surface area contributed by atoms with Crippen LogP contribution in [-0.4, -0.2) is 33.6 Å². The van der Waals surface area contributed by atoms with E-state index < -0.39 is 11.5 Å². The first-order chi connectivity index (χ1) is 17.0. The van der Waals surface area contributed by atoms with Gasteiger partial charge >= 0.3 is 5.97 Å². The van der Waals surface area contributed by atoms with Crippen molar-refractivity contribution in [3.8, 4) is 16.6 Å². The van der Waals surface area contributed by atoms with Crippen molar-refractivity contribution >= 4 is 40.0 Å². The summed E-state index contributed by atoms with van der Waals surface area (Å²) in [7, 11) is 0. The molecule has 2 heterocycles. The fraction of sp³-hybridized carbons (Fsp3) is 0.222. The van der Waals surface area contributed by atoms with E-state index in [4.69, 9.17) is 4.74 Å². The molecule has 178 valence electrons. The lowest BCUT2D eigenvalue weighted by Crippen LogP contribution is -2.22. The van der Waals surface area contributed by atoms with Crippen LogP contribution in [0.5, 0.6) is 11.6 Å². The van der Waals surface area contributed by atoms with Gasteiger partial charge in [0.15, 0.2) is 0 Å². The van der Waals surface area contributed by atoms with E-state index in [1.807, 2.05) is 0 Å². The third kappa shape index (κ3) is 4.10. The maximum absolute atomic E-state index is 13.6. The Labute approximate surface area is 205 Å². The molecule has 0 spiro atoms. The Bertz CT molecular complexity index is 1530. The number of phenols is 1. The number of thiophene rings is 1. The van der Waals surface area contributed by atoms with Crippen LogP contribution in [0.3, 0.4) is 0 Å². The average molecular weight is 489 g/mol. The minimum atomic E-state index is -0.490. The van der Waals surface area contributed by atoms with Crippen molar-refractivity contribution in [2.24, 2.45) is 4.99 Å². The first-order valence-electron chi connectivity index (χ1n) is 11.5. The van der Waals surface area contributed by atoms with Crippen molar-refractivity contribution in [3.63, 3.8) is 0 Å². The summed E-state index contributed by atoms with van der Waals surface area (Å²) in [5.74, 6) is -0.722. The van der Waals surface area contributed by atoms with Gasteiger partial charge in [-0.3, -0.25) is 9.79 Å². The Morgan fingerprint density at radius 2 is 1.89 bits per heavy atom. The van der Waals surface area contributed by atoms with E-state index in [2.05, 4.69) is 4.99 Å². The number of rotatable bonds is 5. The lowest BCUT2D eigenvalue weighted by molar-refractivity contribution is 0.0525. The summed E-state index contributed by atoms with van der Waals surface area (Å²) in [6.07, 6.45) is 4.99. The highest BCUT2D eigenvalue weighted by atomic mass is 32.1. The summed E-state index contributed by atoms with van der Waals surface area (Å²) in [5, 5.41) is 22.5. The molecule has 2 aromatic heterocycles. The first kappa shape index (κ1) is 22.9. The second-order valence-electron chi connectivity index (χ2n) is 8.31. The van der Waals surface area contributed by atoms with Crippen LogP contribution in [0.4, 0.5) is 5.69 Å². The zero-order chi connectivity index (χ0) is 24.5. The topological polar surface area (TPSA) is 101 Å². The molecule has 0 radical (unpaired) electrons. The molecule has 0 atom stereocenters. The van der Waals surface area contributed by atoms with E-state index in [9.17, 15) is 19.8 Å². The van der Waals surface area contributed by atoms with Crippen LogP contribution in [0.1, 0.15) is 46.1 Å². The second kappa shape index (κ2) is 9.38. The van der Waals surface area contributed by atoms with Gasteiger partial charge in [0.25, 0.3) is 5.56 Å². The molecule has 1 aliphatic carbocycles.